The van der Waals surface area contributed by atoms with Crippen LogP contribution in [0.15, 0.2) is 42.0 Å². The minimum absolute atomic E-state index is 0.228. The molecular weight excluding hydrogens is 258 g/mol. The van der Waals surface area contributed by atoms with Crippen LogP contribution in [-0.4, -0.2) is 35.2 Å². The smallest absolute Gasteiger partial charge is 0.410 e. The molecular formula is C15H17NO4. The number of benzene rings is 1. The number of amides is 1. The van der Waals surface area contributed by atoms with Crippen LogP contribution >= 0.6 is 0 Å². The van der Waals surface area contributed by atoms with Crippen LogP contribution in [-0.2, 0) is 16.1 Å². The van der Waals surface area contributed by atoms with Crippen molar-refractivity contribution in [3.63, 3.8) is 0 Å². The highest BCUT2D eigenvalue weighted by Gasteiger charge is 2.19. The molecule has 0 saturated heterocycles. The molecule has 0 fully saturated rings. The van der Waals surface area contributed by atoms with E-state index in [2.05, 4.69) is 0 Å². The first-order valence-electron chi connectivity index (χ1n) is 6.55. The van der Waals surface area contributed by atoms with Gasteiger partial charge >= 0.3 is 12.1 Å². The summed E-state index contributed by atoms with van der Waals surface area (Å²) in [6.45, 7) is 1.03. The third kappa shape index (κ3) is 3.85. The summed E-state index contributed by atoms with van der Waals surface area (Å²) < 4.78 is 5.23. The molecule has 1 heterocycles. The molecule has 0 bridgehead atoms. The number of nitrogens with zero attached hydrogens (tertiary/aromatic N) is 1. The minimum atomic E-state index is -0.912. The van der Waals surface area contributed by atoms with E-state index in [0.29, 0.717) is 25.0 Å². The van der Waals surface area contributed by atoms with Gasteiger partial charge in [0.1, 0.15) is 6.61 Å². The predicted octanol–water partition coefficient (Wildman–Crippen LogP) is 2.43. The summed E-state index contributed by atoms with van der Waals surface area (Å²) in [5.74, 6) is -0.912. The van der Waals surface area contributed by atoms with Crippen LogP contribution in [0.1, 0.15) is 18.4 Å². The Morgan fingerprint density at radius 2 is 2.00 bits per heavy atom. The second-order valence-corrected chi connectivity index (χ2v) is 4.62. The van der Waals surface area contributed by atoms with Gasteiger partial charge in [-0.25, -0.2) is 9.59 Å². The Labute approximate surface area is 117 Å². The standard InChI is InChI=1S/C15H17NO4/c17-14(18)13-7-4-9-16(10-8-13)15(19)20-11-12-5-2-1-3-6-12/h1-3,5-6,8H,4,7,9-11H2,(H,17,18). The summed E-state index contributed by atoms with van der Waals surface area (Å²) in [4.78, 5) is 24.3. The van der Waals surface area contributed by atoms with Crippen molar-refractivity contribution in [2.45, 2.75) is 19.4 Å². The molecule has 5 nitrogen and oxygen atoms in total. The quantitative estimate of drug-likeness (QED) is 0.920. The van der Waals surface area contributed by atoms with E-state index < -0.39 is 12.1 Å². The summed E-state index contributed by atoms with van der Waals surface area (Å²) in [7, 11) is 0. The van der Waals surface area contributed by atoms with Crippen molar-refractivity contribution in [1.29, 1.82) is 0 Å². The Morgan fingerprint density at radius 1 is 1.25 bits per heavy atom. The SMILES string of the molecule is O=C(O)C1=CCN(C(=O)OCc2ccccc2)CCC1. The Balaban J connectivity index is 1.88. The fourth-order valence-electron chi connectivity index (χ4n) is 2.04. The van der Waals surface area contributed by atoms with E-state index in [-0.39, 0.29) is 13.2 Å². The topological polar surface area (TPSA) is 66.8 Å². The van der Waals surface area contributed by atoms with Gasteiger partial charge in [-0.2, -0.15) is 0 Å². The van der Waals surface area contributed by atoms with Gasteiger partial charge in [0, 0.05) is 18.7 Å². The summed E-state index contributed by atoms with van der Waals surface area (Å²) >= 11 is 0. The van der Waals surface area contributed by atoms with E-state index in [0.717, 1.165) is 5.56 Å². The van der Waals surface area contributed by atoms with Gasteiger partial charge in [-0.1, -0.05) is 36.4 Å². The van der Waals surface area contributed by atoms with E-state index in [1.54, 1.807) is 6.08 Å². The molecule has 0 atom stereocenters. The number of carboxylic acids is 1. The van der Waals surface area contributed by atoms with Crippen LogP contribution in [0.3, 0.4) is 0 Å². The molecule has 1 aliphatic heterocycles. The highest BCUT2D eigenvalue weighted by molar-refractivity contribution is 5.86. The number of hydrogen-bond acceptors (Lipinski definition) is 3. The maximum atomic E-state index is 11.9. The molecule has 1 amide bonds. The maximum absolute atomic E-state index is 11.9. The monoisotopic (exact) mass is 275 g/mol. The molecule has 1 aliphatic rings. The van der Waals surface area contributed by atoms with E-state index in [1.807, 2.05) is 30.3 Å². The van der Waals surface area contributed by atoms with Crippen molar-refractivity contribution in [2.75, 3.05) is 13.1 Å². The largest absolute Gasteiger partial charge is 0.478 e. The van der Waals surface area contributed by atoms with Gasteiger partial charge in [-0.05, 0) is 18.4 Å². The van der Waals surface area contributed by atoms with Gasteiger partial charge < -0.3 is 14.7 Å². The van der Waals surface area contributed by atoms with Crippen LogP contribution in [0.5, 0.6) is 0 Å². The Kier molecular flexibility index (Phi) is 4.76. The summed E-state index contributed by atoms with van der Waals surface area (Å²) in [6.07, 6.45) is 2.30. The van der Waals surface area contributed by atoms with Gasteiger partial charge in [-0.15, -0.1) is 0 Å². The first kappa shape index (κ1) is 14.1. The van der Waals surface area contributed by atoms with Crippen molar-refractivity contribution in [3.05, 3.63) is 47.5 Å². The number of ether oxygens (including phenoxy) is 1. The van der Waals surface area contributed by atoms with E-state index in [9.17, 15) is 9.59 Å². The van der Waals surface area contributed by atoms with Crippen molar-refractivity contribution < 1.29 is 19.4 Å². The second-order valence-electron chi connectivity index (χ2n) is 4.62. The van der Waals surface area contributed by atoms with E-state index in [4.69, 9.17) is 9.84 Å². The third-order valence-electron chi connectivity index (χ3n) is 3.17. The van der Waals surface area contributed by atoms with Crippen LogP contribution in [0.25, 0.3) is 0 Å². The maximum Gasteiger partial charge on any atom is 0.410 e. The molecule has 0 unspecified atom stereocenters. The average molecular weight is 275 g/mol. The van der Waals surface area contributed by atoms with Gasteiger partial charge in [0.05, 0.1) is 0 Å². The summed E-state index contributed by atoms with van der Waals surface area (Å²) in [6, 6.07) is 9.45. The first-order chi connectivity index (χ1) is 9.66. The summed E-state index contributed by atoms with van der Waals surface area (Å²) in [5, 5.41) is 8.94. The first-order valence-corrected chi connectivity index (χ1v) is 6.55. The Bertz CT molecular complexity index is 510. The minimum Gasteiger partial charge on any atom is -0.478 e. The molecule has 1 N–H and O–H groups in total. The molecule has 20 heavy (non-hydrogen) atoms. The molecule has 5 heteroatoms. The number of carbonyl (C=O) groups is 2. The fraction of sp³-hybridized carbons (Fsp3) is 0.333. The van der Waals surface area contributed by atoms with Gasteiger partial charge in [0.25, 0.3) is 0 Å². The fourth-order valence-corrected chi connectivity index (χ4v) is 2.04. The van der Waals surface area contributed by atoms with Gasteiger partial charge in [0.15, 0.2) is 0 Å². The van der Waals surface area contributed by atoms with Crippen molar-refractivity contribution in [3.8, 4) is 0 Å². The number of carboxylic acid groups (broad SMARTS) is 1. The molecule has 1 aromatic carbocycles. The number of hydrogen-bond donors (Lipinski definition) is 1. The third-order valence-corrected chi connectivity index (χ3v) is 3.17. The lowest BCUT2D eigenvalue weighted by molar-refractivity contribution is -0.132. The lowest BCUT2D eigenvalue weighted by Gasteiger charge is -2.18. The van der Waals surface area contributed by atoms with Crippen molar-refractivity contribution in [1.82, 2.24) is 4.90 Å². The molecule has 1 aromatic rings. The number of carbonyl (C=O) groups excluding carboxylic acids is 1. The highest BCUT2D eigenvalue weighted by Crippen LogP contribution is 2.13. The molecule has 0 radical (unpaired) electrons. The number of aliphatic carboxylic acids is 1. The zero-order valence-corrected chi connectivity index (χ0v) is 11.1. The lowest BCUT2D eigenvalue weighted by Crippen LogP contribution is -2.31. The van der Waals surface area contributed by atoms with Gasteiger partial charge in [-0.3, -0.25) is 0 Å². The zero-order valence-electron chi connectivity index (χ0n) is 11.1. The second kappa shape index (κ2) is 6.75. The lowest BCUT2D eigenvalue weighted by atomic mass is 10.1. The van der Waals surface area contributed by atoms with Crippen LogP contribution in [0.2, 0.25) is 0 Å². The number of rotatable bonds is 3. The van der Waals surface area contributed by atoms with E-state index in [1.165, 1.54) is 4.90 Å². The molecule has 2 rings (SSSR count). The van der Waals surface area contributed by atoms with Crippen LogP contribution in [0, 0.1) is 0 Å². The Hall–Kier alpha value is -2.30. The van der Waals surface area contributed by atoms with E-state index >= 15 is 0 Å². The van der Waals surface area contributed by atoms with Crippen LogP contribution < -0.4 is 0 Å². The average Bonchev–Trinajstić information content (AvgIpc) is 2.72. The zero-order chi connectivity index (χ0) is 14.4. The molecule has 0 spiro atoms. The molecule has 0 aromatic heterocycles. The normalized spacial score (nSPS) is 15.2. The summed E-state index contributed by atoms with van der Waals surface area (Å²) in [5.41, 5.74) is 1.29. The molecule has 0 aliphatic carbocycles. The van der Waals surface area contributed by atoms with Crippen LogP contribution in [0.4, 0.5) is 4.79 Å². The Morgan fingerprint density at radius 3 is 2.70 bits per heavy atom. The molecule has 0 saturated carbocycles. The highest BCUT2D eigenvalue weighted by atomic mass is 16.6. The van der Waals surface area contributed by atoms with Crippen molar-refractivity contribution in [2.24, 2.45) is 0 Å². The predicted molar refractivity (Wildman–Crippen MR) is 73.2 cm³/mol. The van der Waals surface area contributed by atoms with Crippen molar-refractivity contribution >= 4 is 12.1 Å². The molecule has 106 valence electrons. The van der Waals surface area contributed by atoms with Gasteiger partial charge in [0.2, 0.25) is 0 Å².